The molecular weight excluding hydrogens is 376 g/mol. The number of nitro groups is 1. The molecule has 0 amide bonds. The lowest BCUT2D eigenvalue weighted by atomic mass is 10.1. The predicted molar refractivity (Wildman–Crippen MR) is 106 cm³/mol. The van der Waals surface area contributed by atoms with Gasteiger partial charge in [-0.1, -0.05) is 17.7 Å². The Morgan fingerprint density at radius 1 is 1.17 bits per heavy atom. The molecule has 0 saturated heterocycles. The summed E-state index contributed by atoms with van der Waals surface area (Å²) in [6.45, 7) is 3.57. The van der Waals surface area contributed by atoms with Gasteiger partial charge in [0.15, 0.2) is 6.10 Å². The van der Waals surface area contributed by atoms with Crippen molar-refractivity contribution in [2.45, 2.75) is 20.0 Å². The van der Waals surface area contributed by atoms with Crippen LogP contribution >= 0.6 is 0 Å². The van der Waals surface area contributed by atoms with Gasteiger partial charge >= 0.3 is 5.97 Å². The molecule has 0 bridgehead atoms. The van der Waals surface area contributed by atoms with Gasteiger partial charge in [0.1, 0.15) is 0 Å². The molecule has 29 heavy (non-hydrogen) atoms. The van der Waals surface area contributed by atoms with Crippen LogP contribution < -0.4 is 4.90 Å². The lowest BCUT2D eigenvalue weighted by molar-refractivity contribution is -0.384. The van der Waals surface area contributed by atoms with Crippen molar-refractivity contribution in [1.82, 2.24) is 10.2 Å². The SMILES string of the molecule is Cc1ccc(-c2nnc([C@@H](C)OC(=O)c3cc([N+](=O)[O-])ccc3N(C)C)o2)cc1. The van der Waals surface area contributed by atoms with Gasteiger partial charge in [0, 0.05) is 31.8 Å². The smallest absolute Gasteiger partial charge is 0.341 e. The number of hydrogen-bond donors (Lipinski definition) is 0. The molecule has 0 spiro atoms. The fourth-order valence-electron chi connectivity index (χ4n) is 2.68. The zero-order valence-electron chi connectivity index (χ0n) is 16.4. The van der Waals surface area contributed by atoms with Crippen molar-refractivity contribution < 1.29 is 18.9 Å². The highest BCUT2D eigenvalue weighted by molar-refractivity contribution is 5.96. The third-order valence-corrected chi connectivity index (χ3v) is 4.26. The third kappa shape index (κ3) is 4.40. The first kappa shape index (κ1) is 20.0. The topological polar surface area (TPSA) is 112 Å². The van der Waals surface area contributed by atoms with Gasteiger partial charge in [0.25, 0.3) is 11.6 Å². The van der Waals surface area contributed by atoms with E-state index in [2.05, 4.69) is 10.2 Å². The highest BCUT2D eigenvalue weighted by Gasteiger charge is 2.24. The Morgan fingerprint density at radius 2 is 1.86 bits per heavy atom. The lowest BCUT2D eigenvalue weighted by Gasteiger charge is -2.17. The van der Waals surface area contributed by atoms with Gasteiger partial charge in [0.2, 0.25) is 5.89 Å². The second-order valence-corrected chi connectivity index (χ2v) is 6.71. The molecule has 0 unspecified atom stereocenters. The van der Waals surface area contributed by atoms with E-state index in [9.17, 15) is 14.9 Å². The minimum Gasteiger partial charge on any atom is -0.449 e. The number of anilines is 1. The van der Waals surface area contributed by atoms with Gasteiger partial charge in [-0.2, -0.15) is 0 Å². The molecule has 0 fully saturated rings. The summed E-state index contributed by atoms with van der Waals surface area (Å²) < 4.78 is 11.1. The van der Waals surface area contributed by atoms with Crippen LogP contribution in [0, 0.1) is 17.0 Å². The quantitative estimate of drug-likeness (QED) is 0.350. The maximum absolute atomic E-state index is 12.7. The highest BCUT2D eigenvalue weighted by Crippen LogP contribution is 2.28. The van der Waals surface area contributed by atoms with Crippen LogP contribution in [0.2, 0.25) is 0 Å². The van der Waals surface area contributed by atoms with E-state index in [1.165, 1.54) is 18.2 Å². The molecular formula is C20H20N4O5. The summed E-state index contributed by atoms with van der Waals surface area (Å²) in [5.74, 6) is -0.280. The molecule has 1 aromatic heterocycles. The molecule has 1 atom stereocenters. The van der Waals surface area contributed by atoms with Crippen molar-refractivity contribution in [3.63, 3.8) is 0 Å². The number of carbonyl (C=O) groups is 1. The number of aromatic nitrogens is 2. The first-order chi connectivity index (χ1) is 13.8. The molecule has 9 nitrogen and oxygen atoms in total. The molecule has 3 rings (SSSR count). The standard InChI is InChI=1S/C20H20N4O5/c1-12-5-7-14(8-6-12)19-22-21-18(29-19)13(2)28-20(25)16-11-15(24(26)27)9-10-17(16)23(3)4/h5-11,13H,1-4H3/t13-/m1/s1. The Bertz CT molecular complexity index is 1040. The summed E-state index contributed by atoms with van der Waals surface area (Å²) in [6.07, 6.45) is -0.830. The second-order valence-electron chi connectivity index (χ2n) is 6.71. The second kappa shape index (κ2) is 8.09. The summed E-state index contributed by atoms with van der Waals surface area (Å²) in [5.41, 5.74) is 2.23. The maximum Gasteiger partial charge on any atom is 0.341 e. The van der Waals surface area contributed by atoms with E-state index >= 15 is 0 Å². The van der Waals surface area contributed by atoms with Crippen molar-refractivity contribution in [3.8, 4) is 11.5 Å². The van der Waals surface area contributed by atoms with Crippen LogP contribution in [0.25, 0.3) is 11.5 Å². The van der Waals surface area contributed by atoms with E-state index in [0.717, 1.165) is 11.1 Å². The van der Waals surface area contributed by atoms with Crippen LogP contribution in [-0.2, 0) is 4.74 Å². The van der Waals surface area contributed by atoms with E-state index in [0.29, 0.717) is 11.6 Å². The van der Waals surface area contributed by atoms with E-state index < -0.39 is 17.0 Å². The summed E-state index contributed by atoms with van der Waals surface area (Å²) in [5, 5.41) is 19.0. The summed E-state index contributed by atoms with van der Waals surface area (Å²) in [7, 11) is 3.46. The fraction of sp³-hybridized carbons (Fsp3) is 0.250. The van der Waals surface area contributed by atoms with Crippen LogP contribution in [0.3, 0.4) is 0 Å². The molecule has 0 N–H and O–H groups in total. The minimum absolute atomic E-state index is 0.0781. The maximum atomic E-state index is 12.7. The Balaban J connectivity index is 1.81. The van der Waals surface area contributed by atoms with E-state index in [-0.39, 0.29) is 17.1 Å². The zero-order valence-corrected chi connectivity index (χ0v) is 16.4. The van der Waals surface area contributed by atoms with Crippen molar-refractivity contribution in [2.75, 3.05) is 19.0 Å². The van der Waals surface area contributed by atoms with Crippen LogP contribution in [0.4, 0.5) is 11.4 Å². The molecule has 0 radical (unpaired) electrons. The number of nitro benzene ring substituents is 1. The molecule has 9 heteroatoms. The van der Waals surface area contributed by atoms with Crippen molar-refractivity contribution in [2.24, 2.45) is 0 Å². The number of nitrogens with zero attached hydrogens (tertiary/aromatic N) is 4. The zero-order chi connectivity index (χ0) is 21.1. The molecule has 2 aromatic carbocycles. The van der Waals surface area contributed by atoms with Gasteiger partial charge in [-0.05, 0) is 32.0 Å². The number of carbonyl (C=O) groups excluding carboxylic acids is 1. The number of hydrogen-bond acceptors (Lipinski definition) is 8. The van der Waals surface area contributed by atoms with Gasteiger partial charge < -0.3 is 14.1 Å². The summed E-state index contributed by atoms with van der Waals surface area (Å²) in [4.78, 5) is 24.9. The third-order valence-electron chi connectivity index (χ3n) is 4.26. The van der Waals surface area contributed by atoms with E-state index in [1.54, 1.807) is 25.9 Å². The van der Waals surface area contributed by atoms with Crippen LogP contribution in [0.1, 0.15) is 34.8 Å². The largest absolute Gasteiger partial charge is 0.449 e. The molecule has 0 aliphatic carbocycles. The Hall–Kier alpha value is -3.75. The average molecular weight is 396 g/mol. The normalized spacial score (nSPS) is 11.7. The Morgan fingerprint density at radius 3 is 2.48 bits per heavy atom. The molecule has 150 valence electrons. The first-order valence-corrected chi connectivity index (χ1v) is 8.83. The highest BCUT2D eigenvalue weighted by atomic mass is 16.6. The lowest BCUT2D eigenvalue weighted by Crippen LogP contribution is -2.17. The fourth-order valence-corrected chi connectivity index (χ4v) is 2.68. The Kier molecular flexibility index (Phi) is 5.58. The van der Waals surface area contributed by atoms with Gasteiger partial charge in [-0.3, -0.25) is 10.1 Å². The molecule has 0 aliphatic rings. The molecule has 0 aliphatic heterocycles. The monoisotopic (exact) mass is 396 g/mol. The van der Waals surface area contributed by atoms with Crippen LogP contribution in [0.5, 0.6) is 0 Å². The number of esters is 1. The van der Waals surface area contributed by atoms with Crippen LogP contribution in [-0.4, -0.2) is 35.2 Å². The van der Waals surface area contributed by atoms with E-state index in [1.807, 2.05) is 31.2 Å². The molecule has 1 heterocycles. The minimum atomic E-state index is -0.830. The number of ether oxygens (including phenoxy) is 1. The van der Waals surface area contributed by atoms with Crippen molar-refractivity contribution in [1.29, 1.82) is 0 Å². The van der Waals surface area contributed by atoms with Crippen LogP contribution in [0.15, 0.2) is 46.9 Å². The average Bonchev–Trinajstić information content (AvgIpc) is 3.18. The van der Waals surface area contributed by atoms with Crippen molar-refractivity contribution >= 4 is 17.3 Å². The molecule has 0 saturated carbocycles. The summed E-state index contributed by atoms with van der Waals surface area (Å²) in [6, 6.07) is 11.6. The van der Waals surface area contributed by atoms with Gasteiger partial charge in [-0.25, -0.2) is 4.79 Å². The number of rotatable bonds is 6. The number of aryl methyl sites for hydroxylation is 1. The van der Waals surface area contributed by atoms with Gasteiger partial charge in [0.05, 0.1) is 16.2 Å². The van der Waals surface area contributed by atoms with Crippen molar-refractivity contribution in [3.05, 3.63) is 69.6 Å². The van der Waals surface area contributed by atoms with Gasteiger partial charge in [-0.15, -0.1) is 10.2 Å². The Labute approximate surface area is 167 Å². The van der Waals surface area contributed by atoms with E-state index in [4.69, 9.17) is 9.15 Å². The number of non-ortho nitro benzene ring substituents is 1. The molecule has 3 aromatic rings. The predicted octanol–water partition coefficient (Wildman–Crippen LogP) is 3.94. The number of benzene rings is 2. The first-order valence-electron chi connectivity index (χ1n) is 8.83. The summed E-state index contributed by atoms with van der Waals surface area (Å²) >= 11 is 0.